The molecule has 0 aliphatic rings. The monoisotopic (exact) mass is 493 g/mol. The van der Waals surface area contributed by atoms with Crippen molar-refractivity contribution in [1.82, 2.24) is 10.6 Å². The van der Waals surface area contributed by atoms with Gasteiger partial charge in [-0.3, -0.25) is 9.59 Å². The Morgan fingerprint density at radius 1 is 0.694 bits per heavy atom. The number of aryl methyl sites for hydroxylation is 2. The fraction of sp³-hybridized carbons (Fsp3) is 0.548. The van der Waals surface area contributed by atoms with Crippen molar-refractivity contribution in [3.8, 4) is 0 Å². The first-order valence-corrected chi connectivity index (χ1v) is 13.2. The van der Waals surface area contributed by atoms with Gasteiger partial charge in [0.1, 0.15) is 0 Å². The van der Waals surface area contributed by atoms with Gasteiger partial charge in [-0.05, 0) is 84.0 Å². The molecular weight excluding hydrogens is 446 g/mol. The summed E-state index contributed by atoms with van der Waals surface area (Å²) in [5.41, 5.74) is 7.30. The second-order valence-electron chi connectivity index (χ2n) is 12.1. The summed E-state index contributed by atoms with van der Waals surface area (Å²) in [5.74, 6) is -0.0865. The van der Waals surface area contributed by atoms with E-state index in [1.54, 1.807) is 0 Å². The van der Waals surface area contributed by atoms with Crippen molar-refractivity contribution in [2.75, 3.05) is 18.4 Å². The fourth-order valence-corrected chi connectivity index (χ4v) is 4.10. The highest BCUT2D eigenvalue weighted by Crippen LogP contribution is 2.30. The molecule has 2 aromatic carbocycles. The van der Waals surface area contributed by atoms with Crippen molar-refractivity contribution in [1.29, 1.82) is 0 Å². The highest BCUT2D eigenvalue weighted by molar-refractivity contribution is 5.91. The van der Waals surface area contributed by atoms with Crippen LogP contribution in [0.25, 0.3) is 0 Å². The third kappa shape index (κ3) is 10.5. The van der Waals surface area contributed by atoms with Crippen molar-refractivity contribution in [3.63, 3.8) is 0 Å². The molecule has 5 heteroatoms. The lowest BCUT2D eigenvalue weighted by Crippen LogP contribution is -2.27. The minimum Gasteiger partial charge on any atom is -0.356 e. The SMILES string of the molecule is Cc1cc(C)cc(NC(=O)CCNC(=O)CCCCNCc2cc(C(C)(C)C)cc(C(C)(C)C)c2)c1. The molecule has 5 nitrogen and oxygen atoms in total. The number of anilines is 1. The van der Waals surface area contributed by atoms with E-state index in [1.807, 2.05) is 26.0 Å². The molecule has 198 valence electrons. The maximum atomic E-state index is 12.1. The summed E-state index contributed by atoms with van der Waals surface area (Å²) < 4.78 is 0. The number of amides is 2. The minimum atomic E-state index is -0.0883. The average molecular weight is 494 g/mol. The maximum absolute atomic E-state index is 12.1. The first kappa shape index (κ1) is 29.6. The van der Waals surface area contributed by atoms with Gasteiger partial charge >= 0.3 is 0 Å². The third-order valence-corrected chi connectivity index (χ3v) is 6.24. The molecule has 0 unspecified atom stereocenters. The van der Waals surface area contributed by atoms with Gasteiger partial charge in [0.05, 0.1) is 0 Å². The molecule has 0 aliphatic carbocycles. The Balaban J connectivity index is 1.66. The molecule has 0 bridgehead atoms. The van der Waals surface area contributed by atoms with Crippen LogP contribution >= 0.6 is 0 Å². The van der Waals surface area contributed by atoms with Crippen LogP contribution in [0, 0.1) is 13.8 Å². The van der Waals surface area contributed by atoms with Crippen LogP contribution < -0.4 is 16.0 Å². The molecule has 0 heterocycles. The van der Waals surface area contributed by atoms with E-state index in [1.165, 1.54) is 16.7 Å². The predicted molar refractivity (Wildman–Crippen MR) is 152 cm³/mol. The molecule has 0 atom stereocenters. The van der Waals surface area contributed by atoms with Gasteiger partial charge < -0.3 is 16.0 Å². The van der Waals surface area contributed by atoms with Crippen LogP contribution in [-0.2, 0) is 27.0 Å². The van der Waals surface area contributed by atoms with Crippen molar-refractivity contribution in [3.05, 3.63) is 64.2 Å². The lowest BCUT2D eigenvalue weighted by atomic mass is 9.79. The molecule has 3 N–H and O–H groups in total. The smallest absolute Gasteiger partial charge is 0.226 e. The molecule has 0 aromatic heterocycles. The van der Waals surface area contributed by atoms with E-state index >= 15 is 0 Å². The minimum absolute atomic E-state index is 0.00176. The molecule has 2 amide bonds. The predicted octanol–water partition coefficient (Wildman–Crippen LogP) is 6.30. The Kier molecular flexibility index (Phi) is 10.7. The van der Waals surface area contributed by atoms with Crippen LogP contribution in [0.5, 0.6) is 0 Å². The normalized spacial score (nSPS) is 11.9. The van der Waals surface area contributed by atoms with E-state index in [9.17, 15) is 9.59 Å². The number of benzene rings is 2. The van der Waals surface area contributed by atoms with Gasteiger partial charge in [-0.15, -0.1) is 0 Å². The molecule has 0 fully saturated rings. The molecule has 0 saturated carbocycles. The first-order chi connectivity index (χ1) is 16.7. The van der Waals surface area contributed by atoms with E-state index < -0.39 is 0 Å². The van der Waals surface area contributed by atoms with Crippen molar-refractivity contribution < 1.29 is 9.59 Å². The molecule has 0 spiro atoms. The number of unbranched alkanes of at least 4 members (excludes halogenated alkanes) is 1. The number of hydrogen-bond acceptors (Lipinski definition) is 3. The average Bonchev–Trinajstić information content (AvgIpc) is 2.74. The molecule has 0 radical (unpaired) electrons. The number of nitrogens with one attached hydrogen (secondary N) is 3. The van der Waals surface area contributed by atoms with Gasteiger partial charge in [-0.25, -0.2) is 0 Å². The van der Waals surface area contributed by atoms with Gasteiger partial charge in [0.25, 0.3) is 0 Å². The van der Waals surface area contributed by atoms with E-state index in [4.69, 9.17) is 0 Å². The van der Waals surface area contributed by atoms with E-state index in [-0.39, 0.29) is 29.1 Å². The summed E-state index contributed by atoms with van der Waals surface area (Å²) in [7, 11) is 0. The van der Waals surface area contributed by atoms with Crippen LogP contribution in [0.3, 0.4) is 0 Å². The highest BCUT2D eigenvalue weighted by atomic mass is 16.2. The van der Waals surface area contributed by atoms with Crippen molar-refractivity contribution >= 4 is 17.5 Å². The van der Waals surface area contributed by atoms with E-state index in [0.29, 0.717) is 13.0 Å². The molecule has 0 aliphatic heterocycles. The number of hydrogen-bond donors (Lipinski definition) is 3. The van der Waals surface area contributed by atoms with E-state index in [0.717, 1.165) is 42.7 Å². The quantitative estimate of drug-likeness (QED) is 0.322. The second kappa shape index (κ2) is 13.0. The lowest BCUT2D eigenvalue weighted by Gasteiger charge is -2.26. The van der Waals surface area contributed by atoms with Crippen molar-refractivity contribution in [2.24, 2.45) is 0 Å². The Morgan fingerprint density at radius 2 is 1.28 bits per heavy atom. The highest BCUT2D eigenvalue weighted by Gasteiger charge is 2.20. The summed E-state index contributed by atoms with van der Waals surface area (Å²) in [4.78, 5) is 24.3. The second-order valence-corrected chi connectivity index (χ2v) is 12.1. The lowest BCUT2D eigenvalue weighted by molar-refractivity contribution is -0.121. The third-order valence-electron chi connectivity index (χ3n) is 6.24. The van der Waals surface area contributed by atoms with Gasteiger partial charge in [0, 0.05) is 31.6 Å². The zero-order chi connectivity index (χ0) is 26.9. The van der Waals surface area contributed by atoms with Gasteiger partial charge in [-0.1, -0.05) is 65.8 Å². The molecule has 36 heavy (non-hydrogen) atoms. The largest absolute Gasteiger partial charge is 0.356 e. The van der Waals surface area contributed by atoms with Crippen LogP contribution in [-0.4, -0.2) is 24.9 Å². The summed E-state index contributed by atoms with van der Waals surface area (Å²) >= 11 is 0. The summed E-state index contributed by atoms with van der Waals surface area (Å²) in [6.45, 7) is 19.6. The summed E-state index contributed by atoms with van der Waals surface area (Å²) in [5, 5.41) is 9.30. The van der Waals surface area contributed by atoms with E-state index in [2.05, 4.69) is 81.8 Å². The Labute approximate surface area is 218 Å². The summed E-state index contributed by atoms with van der Waals surface area (Å²) in [6, 6.07) is 12.9. The van der Waals surface area contributed by atoms with Crippen molar-refractivity contribution in [2.45, 2.75) is 98.4 Å². The van der Waals surface area contributed by atoms with Crippen LogP contribution in [0.2, 0.25) is 0 Å². The maximum Gasteiger partial charge on any atom is 0.226 e. The van der Waals surface area contributed by atoms with Crippen LogP contribution in [0.4, 0.5) is 5.69 Å². The fourth-order valence-electron chi connectivity index (χ4n) is 4.10. The molecular formula is C31H47N3O2. The number of rotatable bonds is 11. The Hall–Kier alpha value is -2.66. The van der Waals surface area contributed by atoms with Gasteiger partial charge in [0.15, 0.2) is 0 Å². The summed E-state index contributed by atoms with van der Waals surface area (Å²) in [6.07, 6.45) is 2.51. The topological polar surface area (TPSA) is 70.2 Å². The molecule has 2 aromatic rings. The number of carbonyl (C=O) groups excluding carboxylic acids is 2. The number of carbonyl (C=O) groups is 2. The zero-order valence-electron chi connectivity index (χ0n) is 23.7. The molecule has 0 saturated heterocycles. The van der Waals surface area contributed by atoms with Crippen LogP contribution in [0.1, 0.15) is 95.0 Å². The Bertz CT molecular complexity index is 977. The van der Waals surface area contributed by atoms with Gasteiger partial charge in [-0.2, -0.15) is 0 Å². The zero-order valence-corrected chi connectivity index (χ0v) is 23.7. The van der Waals surface area contributed by atoms with Gasteiger partial charge in [0.2, 0.25) is 11.8 Å². The van der Waals surface area contributed by atoms with Crippen LogP contribution in [0.15, 0.2) is 36.4 Å². The first-order valence-electron chi connectivity index (χ1n) is 13.2. The molecule has 2 rings (SSSR count). The standard InChI is InChI=1S/C31H47N3O2/c1-22-15-23(2)17-27(16-22)34-29(36)12-14-33-28(35)11-9-10-13-32-21-24-18-25(30(3,4)5)20-26(19-24)31(6,7)8/h15-20,32H,9-14,21H2,1-8H3,(H,33,35)(H,34,36). The Morgan fingerprint density at radius 3 is 1.83 bits per heavy atom.